The third kappa shape index (κ3) is 5.26. The van der Waals surface area contributed by atoms with Gasteiger partial charge in [-0.2, -0.15) is 0 Å². The Hall–Kier alpha value is -0.970. The van der Waals surface area contributed by atoms with Gasteiger partial charge in [0, 0.05) is 6.42 Å². The minimum atomic E-state index is -0.782. The number of halogens is 1. The second-order valence-corrected chi connectivity index (χ2v) is 5.22. The number of carbonyl (C=O) groups excluding carboxylic acids is 2. The average molecular weight is 265 g/mol. The van der Waals surface area contributed by atoms with Gasteiger partial charge in [-0.25, -0.2) is 4.79 Å². The summed E-state index contributed by atoms with van der Waals surface area (Å²) in [6.45, 7) is 5.34. The van der Waals surface area contributed by atoms with Crippen molar-refractivity contribution in [2.24, 2.45) is 0 Å². The number of esters is 1. The van der Waals surface area contributed by atoms with Gasteiger partial charge in [0.15, 0.2) is 0 Å². The van der Waals surface area contributed by atoms with Gasteiger partial charge in [0.05, 0.1) is 12.3 Å². The van der Waals surface area contributed by atoms with E-state index in [4.69, 9.17) is 25.8 Å². The molecule has 6 heteroatoms. The molecular formula is C11H17ClO5. The number of carbonyl (C=O) groups is 2. The highest BCUT2D eigenvalue weighted by Crippen LogP contribution is 2.20. The van der Waals surface area contributed by atoms with Crippen LogP contribution in [-0.2, 0) is 19.0 Å². The second kappa shape index (κ2) is 5.58. The number of alkyl halides is 1. The van der Waals surface area contributed by atoms with E-state index in [-0.39, 0.29) is 12.3 Å². The largest absolute Gasteiger partial charge is 0.508 e. The van der Waals surface area contributed by atoms with Crippen LogP contribution in [0.25, 0.3) is 0 Å². The summed E-state index contributed by atoms with van der Waals surface area (Å²) in [6.07, 6.45) is -1.26. The van der Waals surface area contributed by atoms with E-state index in [0.717, 1.165) is 0 Å². The van der Waals surface area contributed by atoms with E-state index in [1.165, 1.54) is 0 Å². The molecule has 1 rings (SSSR count). The Morgan fingerprint density at radius 3 is 2.53 bits per heavy atom. The van der Waals surface area contributed by atoms with E-state index in [2.05, 4.69) is 0 Å². The molecule has 1 heterocycles. The monoisotopic (exact) mass is 264 g/mol. The summed E-state index contributed by atoms with van der Waals surface area (Å²) in [6, 6.07) is 0. The first kappa shape index (κ1) is 14.1. The number of rotatable bonds is 3. The van der Waals surface area contributed by atoms with E-state index in [9.17, 15) is 9.59 Å². The maximum Gasteiger partial charge on any atom is 0.508 e. The Bertz CT molecular complexity index is 297. The predicted molar refractivity (Wildman–Crippen MR) is 60.9 cm³/mol. The molecule has 98 valence electrons. The highest BCUT2D eigenvalue weighted by molar-refractivity contribution is 6.18. The zero-order valence-corrected chi connectivity index (χ0v) is 11.0. The number of hydrogen-bond donors (Lipinski definition) is 0. The molecule has 0 bridgehead atoms. The molecule has 0 radical (unpaired) electrons. The smallest absolute Gasteiger partial charge is 0.460 e. The normalized spacial score (nSPS) is 24.8. The fourth-order valence-corrected chi connectivity index (χ4v) is 1.67. The van der Waals surface area contributed by atoms with Crippen LogP contribution in [0.1, 0.15) is 33.6 Å². The van der Waals surface area contributed by atoms with Gasteiger partial charge >= 0.3 is 12.1 Å². The lowest BCUT2D eigenvalue weighted by atomic mass is 10.1. The van der Waals surface area contributed by atoms with Gasteiger partial charge in [-0.15, -0.1) is 11.6 Å². The van der Waals surface area contributed by atoms with Crippen molar-refractivity contribution in [3.8, 4) is 0 Å². The average Bonchev–Trinajstić information content (AvgIpc) is 2.13. The van der Waals surface area contributed by atoms with Crippen molar-refractivity contribution in [3.63, 3.8) is 0 Å². The fourth-order valence-electron chi connectivity index (χ4n) is 1.48. The molecule has 0 aromatic rings. The van der Waals surface area contributed by atoms with Gasteiger partial charge in [0.25, 0.3) is 0 Å². The Kier molecular flexibility index (Phi) is 4.62. The molecule has 0 saturated carbocycles. The molecule has 0 spiro atoms. The first-order valence-electron chi connectivity index (χ1n) is 5.45. The minimum absolute atomic E-state index is 0.0275. The summed E-state index contributed by atoms with van der Waals surface area (Å²) in [5, 5.41) is 0. The molecule has 5 nitrogen and oxygen atoms in total. The van der Waals surface area contributed by atoms with Gasteiger partial charge in [0.2, 0.25) is 0 Å². The first-order valence-corrected chi connectivity index (χ1v) is 5.98. The first-order chi connectivity index (χ1) is 7.80. The predicted octanol–water partition coefficient (Wildman–Crippen LogP) is 2.25. The molecule has 0 amide bonds. The maximum atomic E-state index is 11.5. The second-order valence-electron chi connectivity index (χ2n) is 4.91. The summed E-state index contributed by atoms with van der Waals surface area (Å²) < 4.78 is 14.8. The van der Waals surface area contributed by atoms with Crippen LogP contribution in [0, 0.1) is 0 Å². The Labute approximate surface area is 105 Å². The fraction of sp³-hybridized carbons (Fsp3) is 0.818. The molecule has 0 aromatic carbocycles. The Morgan fingerprint density at radius 1 is 1.41 bits per heavy atom. The molecule has 17 heavy (non-hydrogen) atoms. The molecule has 1 fully saturated rings. The van der Waals surface area contributed by atoms with Crippen molar-refractivity contribution in [1.29, 1.82) is 0 Å². The molecule has 2 atom stereocenters. The van der Waals surface area contributed by atoms with E-state index in [1.54, 1.807) is 20.8 Å². The standard InChI is InChI=1S/C11H17ClO5/c1-11(2,3)17-9(13)5-7-4-8(6-12)16-10(14)15-7/h7-8H,4-6H2,1-3H3/t7-,8+/m1/s1. The van der Waals surface area contributed by atoms with E-state index in [0.29, 0.717) is 6.42 Å². The van der Waals surface area contributed by atoms with Crippen LogP contribution in [0.4, 0.5) is 4.79 Å². The van der Waals surface area contributed by atoms with Crippen LogP contribution in [0.5, 0.6) is 0 Å². The highest BCUT2D eigenvalue weighted by atomic mass is 35.5. The van der Waals surface area contributed by atoms with Crippen molar-refractivity contribution >= 4 is 23.7 Å². The van der Waals surface area contributed by atoms with Gasteiger partial charge in [-0.05, 0) is 20.8 Å². The third-order valence-corrected chi connectivity index (χ3v) is 2.38. The summed E-state index contributed by atoms with van der Waals surface area (Å²) in [7, 11) is 0. The number of ether oxygens (including phenoxy) is 3. The zero-order chi connectivity index (χ0) is 13.1. The van der Waals surface area contributed by atoms with Crippen molar-refractivity contribution in [3.05, 3.63) is 0 Å². The minimum Gasteiger partial charge on any atom is -0.460 e. The third-order valence-electron chi connectivity index (χ3n) is 2.04. The summed E-state index contributed by atoms with van der Waals surface area (Å²) in [5.41, 5.74) is -0.544. The van der Waals surface area contributed by atoms with Crippen LogP contribution in [0.3, 0.4) is 0 Å². The summed E-state index contributed by atoms with van der Waals surface area (Å²) in [5.74, 6) is -0.203. The van der Waals surface area contributed by atoms with Gasteiger partial charge in [0.1, 0.15) is 17.8 Å². The van der Waals surface area contributed by atoms with Crippen molar-refractivity contribution in [1.82, 2.24) is 0 Å². The van der Waals surface area contributed by atoms with Gasteiger partial charge in [-0.3, -0.25) is 4.79 Å². The summed E-state index contributed by atoms with van der Waals surface area (Å²) in [4.78, 5) is 22.6. The molecule has 0 aliphatic carbocycles. The van der Waals surface area contributed by atoms with E-state index >= 15 is 0 Å². The topological polar surface area (TPSA) is 61.8 Å². The van der Waals surface area contributed by atoms with Gasteiger partial charge in [-0.1, -0.05) is 0 Å². The maximum absolute atomic E-state index is 11.5. The van der Waals surface area contributed by atoms with Crippen molar-refractivity contribution < 1.29 is 23.8 Å². The quantitative estimate of drug-likeness (QED) is 0.578. The highest BCUT2D eigenvalue weighted by Gasteiger charge is 2.32. The molecular weight excluding hydrogens is 248 g/mol. The molecule has 1 aliphatic heterocycles. The number of hydrogen-bond acceptors (Lipinski definition) is 5. The lowest BCUT2D eigenvalue weighted by molar-refractivity contribution is -0.159. The SMILES string of the molecule is CC(C)(C)OC(=O)C[C@H]1C[C@@H](CCl)OC(=O)O1. The Balaban J connectivity index is 2.45. The van der Waals surface area contributed by atoms with Crippen LogP contribution >= 0.6 is 11.6 Å². The lowest BCUT2D eigenvalue weighted by Gasteiger charge is -2.28. The molecule has 0 N–H and O–H groups in total. The molecule has 0 aromatic heterocycles. The summed E-state index contributed by atoms with van der Waals surface area (Å²) >= 11 is 5.61. The van der Waals surface area contributed by atoms with Crippen molar-refractivity contribution in [2.45, 2.75) is 51.4 Å². The van der Waals surface area contributed by atoms with E-state index in [1.807, 2.05) is 0 Å². The van der Waals surface area contributed by atoms with Crippen LogP contribution < -0.4 is 0 Å². The molecule has 1 aliphatic rings. The Morgan fingerprint density at radius 2 is 2.00 bits per heavy atom. The number of cyclic esters (lactones) is 2. The van der Waals surface area contributed by atoms with Gasteiger partial charge < -0.3 is 14.2 Å². The van der Waals surface area contributed by atoms with Crippen LogP contribution in [0.15, 0.2) is 0 Å². The van der Waals surface area contributed by atoms with Crippen LogP contribution in [0.2, 0.25) is 0 Å². The zero-order valence-electron chi connectivity index (χ0n) is 10.2. The molecule has 1 saturated heterocycles. The van der Waals surface area contributed by atoms with Crippen LogP contribution in [-0.4, -0.2) is 35.8 Å². The van der Waals surface area contributed by atoms with Crippen molar-refractivity contribution in [2.75, 3.05) is 5.88 Å². The van der Waals surface area contributed by atoms with E-state index < -0.39 is 29.9 Å². The lowest BCUT2D eigenvalue weighted by Crippen LogP contribution is -2.37. The molecule has 0 unspecified atom stereocenters.